The predicted molar refractivity (Wildman–Crippen MR) is 219 cm³/mol. The van der Waals surface area contributed by atoms with Crippen molar-refractivity contribution in [2.24, 2.45) is 0 Å². The van der Waals surface area contributed by atoms with E-state index in [2.05, 4.69) is 160 Å². The van der Waals surface area contributed by atoms with Crippen LogP contribution >= 0.6 is 0 Å². The van der Waals surface area contributed by atoms with Crippen molar-refractivity contribution in [3.63, 3.8) is 0 Å². The van der Waals surface area contributed by atoms with Gasteiger partial charge in [-0.05, 0) is 89.1 Å². The number of benzene rings is 4. The molecule has 8 heteroatoms. The lowest BCUT2D eigenvalue weighted by Gasteiger charge is -2.27. The summed E-state index contributed by atoms with van der Waals surface area (Å²) in [4.78, 5) is 8.87. The minimum absolute atomic E-state index is 0.350. The van der Waals surface area contributed by atoms with E-state index in [1.54, 1.807) is 0 Å². The average molecular weight is 711 g/mol. The molecule has 0 saturated carbocycles. The van der Waals surface area contributed by atoms with Crippen molar-refractivity contribution in [2.75, 3.05) is 100 Å². The van der Waals surface area contributed by atoms with E-state index < -0.39 is 0 Å². The molecule has 0 aliphatic heterocycles. The summed E-state index contributed by atoms with van der Waals surface area (Å²) in [6, 6.07) is 30.1. The minimum atomic E-state index is -0.350. The number of rotatable bonds is 21. The van der Waals surface area contributed by atoms with Gasteiger partial charge in [0.1, 0.15) is 23.7 Å². The minimum Gasteiger partial charge on any atom is -0.493 e. The largest absolute Gasteiger partial charge is 0.493 e. The Bertz CT molecular complexity index is 1510. The fraction of sp³-hybridized carbons (Fsp3) is 0.455. The van der Waals surface area contributed by atoms with Crippen LogP contribution in [0.3, 0.4) is 0 Å². The van der Waals surface area contributed by atoms with Crippen LogP contribution in [0.1, 0.15) is 76.0 Å². The lowest BCUT2D eigenvalue weighted by Crippen LogP contribution is -2.22. The Kier molecular flexibility index (Phi) is 15.5. The van der Waals surface area contributed by atoms with Crippen molar-refractivity contribution >= 4 is 22.7 Å². The van der Waals surface area contributed by atoms with Crippen molar-refractivity contribution in [1.29, 1.82) is 0 Å². The number of nitrogens with zero attached hydrogens (tertiary/aromatic N) is 4. The molecule has 0 radical (unpaired) electrons. The van der Waals surface area contributed by atoms with Crippen LogP contribution in [0.2, 0.25) is 0 Å². The van der Waals surface area contributed by atoms with Gasteiger partial charge in [-0.3, -0.25) is 0 Å². The molecule has 2 atom stereocenters. The molecular weight excluding hydrogens is 649 g/mol. The topological polar surface area (TPSA) is 49.9 Å². The van der Waals surface area contributed by atoms with Crippen molar-refractivity contribution in [3.05, 3.63) is 107 Å². The van der Waals surface area contributed by atoms with Crippen molar-refractivity contribution in [2.45, 2.75) is 53.8 Å². The van der Waals surface area contributed by atoms with E-state index in [1.165, 1.54) is 0 Å². The van der Waals surface area contributed by atoms with Crippen LogP contribution in [0.5, 0.6) is 11.5 Å². The van der Waals surface area contributed by atoms with Gasteiger partial charge in [-0.15, -0.1) is 0 Å². The van der Waals surface area contributed by atoms with E-state index in [-0.39, 0.29) is 12.2 Å². The molecule has 0 aliphatic rings. The van der Waals surface area contributed by atoms with Gasteiger partial charge in [-0.25, -0.2) is 0 Å². The summed E-state index contributed by atoms with van der Waals surface area (Å²) in [6.07, 6.45) is -0.699. The summed E-state index contributed by atoms with van der Waals surface area (Å²) in [5, 5.41) is 0. The number of anilines is 4. The van der Waals surface area contributed by atoms with Gasteiger partial charge in [0.05, 0.1) is 26.4 Å². The summed E-state index contributed by atoms with van der Waals surface area (Å²) in [6.45, 7) is 18.3. The van der Waals surface area contributed by atoms with Crippen LogP contribution in [0.25, 0.3) is 0 Å². The van der Waals surface area contributed by atoms with Crippen molar-refractivity contribution in [1.82, 2.24) is 0 Å². The monoisotopic (exact) mass is 710 g/mol. The molecule has 0 fully saturated rings. The maximum atomic E-state index is 6.81. The molecule has 4 aromatic rings. The predicted octanol–water partition coefficient (Wildman–Crippen LogP) is 9.22. The maximum Gasteiger partial charge on any atom is 0.127 e. The van der Waals surface area contributed by atoms with Crippen molar-refractivity contribution in [3.8, 4) is 11.5 Å². The molecule has 2 unspecified atom stereocenters. The third-order valence-corrected chi connectivity index (χ3v) is 9.49. The van der Waals surface area contributed by atoms with Gasteiger partial charge in [0, 0.05) is 100 Å². The van der Waals surface area contributed by atoms with Crippen LogP contribution in [-0.4, -0.2) is 80.8 Å². The van der Waals surface area contributed by atoms with E-state index in [9.17, 15) is 0 Å². The summed E-state index contributed by atoms with van der Waals surface area (Å²) in [7, 11) is 8.21. The lowest BCUT2D eigenvalue weighted by atomic mass is 9.99. The highest BCUT2D eigenvalue weighted by Crippen LogP contribution is 2.39. The first-order valence-corrected chi connectivity index (χ1v) is 19.0. The number of ether oxygens (including phenoxy) is 4. The van der Waals surface area contributed by atoms with Gasteiger partial charge in [0.15, 0.2) is 0 Å². The van der Waals surface area contributed by atoms with Gasteiger partial charge < -0.3 is 38.5 Å². The zero-order valence-corrected chi connectivity index (χ0v) is 33.3. The smallest absolute Gasteiger partial charge is 0.127 e. The van der Waals surface area contributed by atoms with Crippen molar-refractivity contribution < 1.29 is 18.9 Å². The highest BCUT2D eigenvalue weighted by atomic mass is 16.5. The van der Waals surface area contributed by atoms with E-state index >= 15 is 0 Å². The fourth-order valence-electron chi connectivity index (χ4n) is 6.57. The Hall–Kier alpha value is -4.40. The molecule has 0 saturated heterocycles. The highest BCUT2D eigenvalue weighted by molar-refractivity contribution is 5.58. The van der Waals surface area contributed by atoms with Crippen LogP contribution in [0.4, 0.5) is 22.7 Å². The van der Waals surface area contributed by atoms with E-state index in [1.807, 2.05) is 13.8 Å². The molecule has 0 amide bonds. The third-order valence-electron chi connectivity index (χ3n) is 9.49. The normalized spacial score (nSPS) is 12.3. The van der Waals surface area contributed by atoms with Crippen LogP contribution < -0.4 is 29.1 Å². The Morgan fingerprint density at radius 2 is 0.769 bits per heavy atom. The molecule has 52 heavy (non-hydrogen) atoms. The average Bonchev–Trinajstić information content (AvgIpc) is 3.15. The fourth-order valence-corrected chi connectivity index (χ4v) is 6.57. The lowest BCUT2D eigenvalue weighted by molar-refractivity contribution is -0.00219. The molecular formula is C44H62N4O4. The molecule has 282 valence electrons. The molecule has 0 aliphatic carbocycles. The van der Waals surface area contributed by atoms with Gasteiger partial charge in [0.25, 0.3) is 0 Å². The number of hydrogen-bond acceptors (Lipinski definition) is 8. The van der Waals surface area contributed by atoms with Crippen LogP contribution in [0, 0.1) is 0 Å². The second kappa shape index (κ2) is 20.0. The van der Waals surface area contributed by atoms with Gasteiger partial charge in [0.2, 0.25) is 0 Å². The highest BCUT2D eigenvalue weighted by Gasteiger charge is 2.24. The zero-order chi connectivity index (χ0) is 37.6. The summed E-state index contributed by atoms with van der Waals surface area (Å²) >= 11 is 0. The quantitative estimate of drug-likeness (QED) is 0.0794. The molecule has 0 N–H and O–H groups in total. The summed E-state index contributed by atoms with van der Waals surface area (Å²) in [5.41, 5.74) is 8.66. The molecule has 4 aromatic carbocycles. The molecule has 0 bridgehead atoms. The Morgan fingerprint density at radius 3 is 1.06 bits per heavy atom. The zero-order valence-electron chi connectivity index (χ0n) is 33.3. The van der Waals surface area contributed by atoms with Gasteiger partial charge >= 0.3 is 0 Å². The molecule has 0 aromatic heterocycles. The molecule has 4 rings (SSSR count). The first kappa shape index (κ1) is 40.4. The first-order valence-electron chi connectivity index (χ1n) is 19.0. The second-order valence-electron chi connectivity index (χ2n) is 13.1. The van der Waals surface area contributed by atoms with Crippen LogP contribution in [-0.2, 0) is 9.47 Å². The Balaban J connectivity index is 1.68. The maximum absolute atomic E-state index is 6.81. The number of hydrogen-bond donors (Lipinski definition) is 0. The summed E-state index contributed by atoms with van der Waals surface area (Å²) < 4.78 is 26.2. The van der Waals surface area contributed by atoms with E-state index in [0.717, 1.165) is 82.7 Å². The van der Waals surface area contributed by atoms with Crippen LogP contribution in [0.15, 0.2) is 84.9 Å². The summed E-state index contributed by atoms with van der Waals surface area (Å²) in [5.74, 6) is 1.67. The standard InChI is InChI=1S/C44H62N4O4/c1-11-47(12-2)37-25-27-39(41(31-37)49-15-5)43(33-17-21-35(22-18-33)45(7)8)51-29-30-52-44(34-19-23-36(24-20-34)46(9)10)40-28-26-38(48(13-3)14-4)32-42(40)50-16-6/h17-28,31-32,43-44H,11-16,29-30H2,1-10H3. The Labute approximate surface area is 313 Å². The SMILES string of the molecule is CCOc1cc(N(CC)CC)ccc1C(OCCOC(c1ccc(N(C)C)cc1)c1ccc(N(CC)CC)cc1OCC)c1ccc(N(C)C)cc1. The molecule has 0 spiro atoms. The van der Waals surface area contributed by atoms with Gasteiger partial charge in [-0.2, -0.15) is 0 Å². The molecule has 8 nitrogen and oxygen atoms in total. The first-order chi connectivity index (χ1) is 25.2. The van der Waals surface area contributed by atoms with E-state index in [0.29, 0.717) is 26.4 Å². The van der Waals surface area contributed by atoms with Gasteiger partial charge in [-0.1, -0.05) is 36.4 Å². The third kappa shape index (κ3) is 10.1. The Morgan fingerprint density at radius 1 is 0.442 bits per heavy atom. The second-order valence-corrected chi connectivity index (χ2v) is 13.1. The van der Waals surface area contributed by atoms with E-state index in [4.69, 9.17) is 18.9 Å². The molecule has 0 heterocycles.